The lowest BCUT2D eigenvalue weighted by molar-refractivity contribution is 0.111. The summed E-state index contributed by atoms with van der Waals surface area (Å²) in [6.45, 7) is 4.99. The van der Waals surface area contributed by atoms with Crippen LogP contribution in [-0.2, 0) is 11.3 Å². The highest BCUT2D eigenvalue weighted by atomic mass is 32.1. The molecule has 0 spiro atoms. The first kappa shape index (κ1) is 15.4. The second kappa shape index (κ2) is 7.16. The Kier molecular flexibility index (Phi) is 5.52. The lowest BCUT2D eigenvalue weighted by Gasteiger charge is -2.29. The minimum atomic E-state index is 0.463. The van der Waals surface area contributed by atoms with E-state index in [-0.39, 0.29) is 0 Å². The van der Waals surface area contributed by atoms with Crippen molar-refractivity contribution < 1.29 is 4.74 Å². The van der Waals surface area contributed by atoms with Crippen molar-refractivity contribution in [2.75, 3.05) is 20.3 Å². The van der Waals surface area contributed by atoms with Crippen molar-refractivity contribution in [2.45, 2.75) is 32.4 Å². The molecule has 0 saturated heterocycles. The molecule has 0 aromatic heterocycles. The maximum absolute atomic E-state index is 5.71. The highest BCUT2D eigenvalue weighted by Gasteiger charge is 2.31. The third-order valence-electron chi connectivity index (χ3n) is 4.06. The number of ether oxygens (including phenoxy) is 1. The number of benzene rings is 1. The van der Waals surface area contributed by atoms with Crippen LogP contribution in [0.5, 0.6) is 0 Å². The zero-order valence-electron chi connectivity index (χ0n) is 12.3. The summed E-state index contributed by atoms with van der Waals surface area (Å²) in [5.74, 6) is 0.852. The molecule has 1 aromatic rings. The van der Waals surface area contributed by atoms with Crippen LogP contribution in [0.2, 0.25) is 0 Å². The highest BCUT2D eigenvalue weighted by molar-refractivity contribution is 7.80. The summed E-state index contributed by atoms with van der Waals surface area (Å²) in [7, 11) is 1.76. The first-order valence-corrected chi connectivity index (χ1v) is 7.64. The third kappa shape index (κ3) is 4.27. The minimum Gasteiger partial charge on any atom is -0.389 e. The van der Waals surface area contributed by atoms with Gasteiger partial charge in [0.25, 0.3) is 0 Å². The molecule has 1 fully saturated rings. The molecule has 0 aliphatic heterocycles. The number of hydrogen-bond acceptors (Lipinski definition) is 3. The second-order valence-electron chi connectivity index (χ2n) is 5.61. The number of hydrogen-bond donors (Lipinski definition) is 1. The summed E-state index contributed by atoms with van der Waals surface area (Å²) < 4.78 is 5.24. The molecule has 0 radical (unpaired) electrons. The van der Waals surface area contributed by atoms with E-state index in [2.05, 4.69) is 24.0 Å². The van der Waals surface area contributed by atoms with Gasteiger partial charge in [-0.05, 0) is 37.3 Å². The number of methoxy groups -OCH3 is 1. The molecule has 1 aliphatic rings. The van der Waals surface area contributed by atoms with Gasteiger partial charge in [-0.2, -0.15) is 0 Å². The normalized spacial score (nSPS) is 16.4. The summed E-state index contributed by atoms with van der Waals surface area (Å²) in [6, 6.07) is 8.84. The Labute approximate surface area is 127 Å². The summed E-state index contributed by atoms with van der Waals surface area (Å²) in [6.07, 6.45) is 2.72. The van der Waals surface area contributed by atoms with E-state index in [9.17, 15) is 0 Å². The van der Waals surface area contributed by atoms with Gasteiger partial charge in [-0.3, -0.25) is 4.90 Å². The van der Waals surface area contributed by atoms with Gasteiger partial charge in [0.1, 0.15) is 4.99 Å². The third-order valence-corrected chi connectivity index (χ3v) is 4.30. The molecule has 1 saturated carbocycles. The zero-order valence-corrected chi connectivity index (χ0v) is 13.2. The van der Waals surface area contributed by atoms with E-state index in [1.165, 1.54) is 18.4 Å². The van der Waals surface area contributed by atoms with Gasteiger partial charge >= 0.3 is 0 Å². The fraction of sp³-hybridized carbons (Fsp3) is 0.562. The molecule has 4 heteroatoms. The fourth-order valence-electron chi connectivity index (χ4n) is 2.57. The van der Waals surface area contributed by atoms with Gasteiger partial charge in [0, 0.05) is 31.8 Å². The minimum absolute atomic E-state index is 0.463. The average molecular weight is 292 g/mol. The van der Waals surface area contributed by atoms with E-state index in [0.29, 0.717) is 11.0 Å². The predicted octanol–water partition coefficient (Wildman–Crippen LogP) is 2.57. The first-order chi connectivity index (χ1) is 9.61. The summed E-state index contributed by atoms with van der Waals surface area (Å²) in [4.78, 5) is 2.96. The summed E-state index contributed by atoms with van der Waals surface area (Å²) >= 11 is 5.05. The Morgan fingerprint density at radius 1 is 1.50 bits per heavy atom. The van der Waals surface area contributed by atoms with Crippen LogP contribution in [-0.4, -0.2) is 36.2 Å². The van der Waals surface area contributed by atoms with E-state index >= 15 is 0 Å². The van der Waals surface area contributed by atoms with Crippen molar-refractivity contribution in [3.8, 4) is 0 Å². The maximum atomic E-state index is 5.71. The molecule has 1 aliphatic carbocycles. The SMILES string of the molecule is COCCN(Cc1cccc(C(N)=S)c1)C(C)C1CC1. The van der Waals surface area contributed by atoms with Crippen LogP contribution < -0.4 is 5.73 Å². The van der Waals surface area contributed by atoms with Crippen molar-refractivity contribution in [1.29, 1.82) is 0 Å². The fourth-order valence-corrected chi connectivity index (χ4v) is 2.70. The lowest BCUT2D eigenvalue weighted by Crippen LogP contribution is -2.36. The Balaban J connectivity index is 2.05. The summed E-state index contributed by atoms with van der Waals surface area (Å²) in [5, 5.41) is 0. The number of rotatable bonds is 8. The van der Waals surface area contributed by atoms with Gasteiger partial charge < -0.3 is 10.5 Å². The Bertz CT molecular complexity index is 460. The lowest BCUT2D eigenvalue weighted by atomic mass is 10.1. The van der Waals surface area contributed by atoms with Crippen LogP contribution in [0.15, 0.2) is 24.3 Å². The number of nitrogens with zero attached hydrogens (tertiary/aromatic N) is 1. The molecule has 2 N–H and O–H groups in total. The van der Waals surface area contributed by atoms with Crippen molar-refractivity contribution >= 4 is 17.2 Å². The van der Waals surface area contributed by atoms with Gasteiger partial charge in [-0.15, -0.1) is 0 Å². The molecule has 110 valence electrons. The predicted molar refractivity (Wildman–Crippen MR) is 86.8 cm³/mol. The molecule has 0 heterocycles. The molecular formula is C16H24N2OS. The summed E-state index contributed by atoms with van der Waals surface area (Å²) in [5.41, 5.74) is 7.92. The van der Waals surface area contributed by atoms with Crippen LogP contribution in [0.1, 0.15) is 30.9 Å². The Hall–Kier alpha value is -0.970. The molecule has 3 nitrogen and oxygen atoms in total. The van der Waals surface area contributed by atoms with Crippen molar-refractivity contribution in [2.24, 2.45) is 11.7 Å². The molecule has 2 rings (SSSR count). The van der Waals surface area contributed by atoms with E-state index < -0.39 is 0 Å². The topological polar surface area (TPSA) is 38.5 Å². The average Bonchev–Trinajstić information content (AvgIpc) is 3.27. The van der Waals surface area contributed by atoms with E-state index in [1.54, 1.807) is 7.11 Å². The number of nitrogens with two attached hydrogens (primary N) is 1. The Morgan fingerprint density at radius 3 is 2.85 bits per heavy atom. The Morgan fingerprint density at radius 2 is 2.25 bits per heavy atom. The van der Waals surface area contributed by atoms with Crippen LogP contribution in [0.4, 0.5) is 0 Å². The van der Waals surface area contributed by atoms with E-state index in [1.807, 2.05) is 12.1 Å². The molecule has 20 heavy (non-hydrogen) atoms. The van der Waals surface area contributed by atoms with Gasteiger partial charge in [-0.25, -0.2) is 0 Å². The zero-order chi connectivity index (χ0) is 14.5. The molecule has 0 bridgehead atoms. The van der Waals surface area contributed by atoms with Crippen molar-refractivity contribution in [1.82, 2.24) is 4.90 Å². The van der Waals surface area contributed by atoms with Gasteiger partial charge in [0.2, 0.25) is 0 Å². The molecule has 1 atom stereocenters. The van der Waals surface area contributed by atoms with Crippen molar-refractivity contribution in [3.05, 3.63) is 35.4 Å². The molecule has 1 aromatic carbocycles. The van der Waals surface area contributed by atoms with E-state index in [4.69, 9.17) is 22.7 Å². The van der Waals surface area contributed by atoms with Gasteiger partial charge in [0.05, 0.1) is 6.61 Å². The van der Waals surface area contributed by atoms with Gasteiger partial charge in [-0.1, -0.05) is 30.4 Å². The van der Waals surface area contributed by atoms with E-state index in [0.717, 1.165) is 31.2 Å². The van der Waals surface area contributed by atoms with Crippen molar-refractivity contribution in [3.63, 3.8) is 0 Å². The highest BCUT2D eigenvalue weighted by Crippen LogP contribution is 2.35. The van der Waals surface area contributed by atoms with Crippen LogP contribution >= 0.6 is 12.2 Å². The monoisotopic (exact) mass is 292 g/mol. The first-order valence-electron chi connectivity index (χ1n) is 7.23. The molecule has 0 amide bonds. The smallest absolute Gasteiger partial charge is 0.103 e. The molecule has 1 unspecified atom stereocenters. The second-order valence-corrected chi connectivity index (χ2v) is 6.05. The van der Waals surface area contributed by atoms with Crippen LogP contribution in [0, 0.1) is 5.92 Å². The standard InChI is InChI=1S/C16H24N2OS/c1-12(14-6-7-14)18(8-9-19-2)11-13-4-3-5-15(10-13)16(17)20/h3-5,10,12,14H,6-9,11H2,1-2H3,(H2,17,20). The quantitative estimate of drug-likeness (QED) is 0.747. The van der Waals surface area contributed by atoms with Gasteiger partial charge in [0.15, 0.2) is 0 Å². The largest absolute Gasteiger partial charge is 0.389 e. The van der Waals surface area contributed by atoms with Crippen LogP contribution in [0.25, 0.3) is 0 Å². The maximum Gasteiger partial charge on any atom is 0.103 e. The number of thiocarbonyl (C=S) groups is 1. The van der Waals surface area contributed by atoms with Crippen LogP contribution in [0.3, 0.4) is 0 Å². The molecular weight excluding hydrogens is 268 g/mol.